The summed E-state index contributed by atoms with van der Waals surface area (Å²) in [4.78, 5) is 12.1. The largest absolute Gasteiger partial charge is 0.493 e. The molecule has 0 unspecified atom stereocenters. The van der Waals surface area contributed by atoms with Gasteiger partial charge in [-0.05, 0) is 60.9 Å². The molecule has 0 spiro atoms. The zero-order chi connectivity index (χ0) is 19.3. The second kappa shape index (κ2) is 8.12. The number of carbonyl (C=O) groups excluding carboxylic acids is 1. The van der Waals surface area contributed by atoms with Gasteiger partial charge in [0.15, 0.2) is 11.5 Å². The van der Waals surface area contributed by atoms with Crippen LogP contribution in [0.25, 0.3) is 0 Å². The minimum absolute atomic E-state index is 0.182. The summed E-state index contributed by atoms with van der Waals surface area (Å²) in [5.41, 5.74) is 1.37. The van der Waals surface area contributed by atoms with Gasteiger partial charge in [0.1, 0.15) is 0 Å². The van der Waals surface area contributed by atoms with Crippen LogP contribution in [-0.2, 0) is 12.6 Å². The van der Waals surface area contributed by atoms with Crippen LogP contribution in [0.5, 0.6) is 11.5 Å². The zero-order valence-corrected chi connectivity index (χ0v) is 14.7. The predicted octanol–water partition coefficient (Wildman–Crippen LogP) is 4.00. The highest BCUT2D eigenvalue weighted by Crippen LogP contribution is 2.30. The van der Waals surface area contributed by atoms with Crippen LogP contribution in [0.3, 0.4) is 0 Å². The standard InChI is InChI=1S/C19H20F3NO3/c1-12-10-16(25-2)17(26-3)11-14(12)8-9-23-18(24)13-4-6-15(7-5-13)19(20,21)22/h4-7,10-11H,8-9H2,1-3H3,(H,23,24). The van der Waals surface area contributed by atoms with Gasteiger partial charge in [-0.3, -0.25) is 4.79 Å². The number of alkyl halides is 3. The first-order chi connectivity index (χ1) is 12.3. The number of hydrogen-bond donors (Lipinski definition) is 1. The van der Waals surface area contributed by atoms with Crippen molar-refractivity contribution in [3.8, 4) is 11.5 Å². The van der Waals surface area contributed by atoms with Gasteiger partial charge in [0, 0.05) is 12.1 Å². The number of aryl methyl sites for hydroxylation is 1. The first kappa shape index (κ1) is 19.6. The van der Waals surface area contributed by atoms with Gasteiger partial charge in [0.2, 0.25) is 0 Å². The molecular formula is C19H20F3NO3. The molecule has 0 aromatic heterocycles. The summed E-state index contributed by atoms with van der Waals surface area (Å²) in [5.74, 6) is 0.807. The normalized spacial score (nSPS) is 11.2. The summed E-state index contributed by atoms with van der Waals surface area (Å²) >= 11 is 0. The van der Waals surface area contributed by atoms with E-state index in [0.29, 0.717) is 24.5 Å². The fourth-order valence-electron chi connectivity index (χ4n) is 2.52. The van der Waals surface area contributed by atoms with Gasteiger partial charge in [0.25, 0.3) is 5.91 Å². The SMILES string of the molecule is COc1cc(C)c(CCNC(=O)c2ccc(C(F)(F)F)cc2)cc1OC. The number of halogens is 3. The number of amides is 1. The van der Waals surface area contributed by atoms with E-state index in [4.69, 9.17) is 9.47 Å². The molecule has 0 saturated heterocycles. The number of nitrogens with one attached hydrogen (secondary N) is 1. The van der Waals surface area contributed by atoms with E-state index in [-0.39, 0.29) is 5.56 Å². The lowest BCUT2D eigenvalue weighted by Gasteiger charge is -2.13. The Morgan fingerprint density at radius 2 is 1.62 bits per heavy atom. The highest BCUT2D eigenvalue weighted by Gasteiger charge is 2.30. The first-order valence-corrected chi connectivity index (χ1v) is 7.93. The van der Waals surface area contributed by atoms with Gasteiger partial charge in [0.05, 0.1) is 19.8 Å². The summed E-state index contributed by atoms with van der Waals surface area (Å²) in [6.07, 6.45) is -3.86. The van der Waals surface area contributed by atoms with Crippen molar-refractivity contribution in [2.45, 2.75) is 19.5 Å². The molecule has 1 N–H and O–H groups in total. The summed E-state index contributed by atoms with van der Waals surface area (Å²) in [6, 6.07) is 7.82. The maximum atomic E-state index is 12.5. The Bertz CT molecular complexity index is 771. The molecule has 2 rings (SSSR count). The monoisotopic (exact) mass is 367 g/mol. The number of carbonyl (C=O) groups is 1. The van der Waals surface area contributed by atoms with Crippen LogP contribution < -0.4 is 14.8 Å². The summed E-state index contributed by atoms with van der Waals surface area (Å²) < 4.78 is 48.1. The van der Waals surface area contributed by atoms with Gasteiger partial charge < -0.3 is 14.8 Å². The molecular weight excluding hydrogens is 347 g/mol. The molecule has 1 amide bonds. The van der Waals surface area contributed by atoms with Crippen LogP contribution in [0, 0.1) is 6.92 Å². The second-order valence-electron chi connectivity index (χ2n) is 5.71. The Labute approximate surface area is 149 Å². The molecule has 2 aromatic carbocycles. The van der Waals surface area contributed by atoms with E-state index in [1.807, 2.05) is 19.1 Å². The van der Waals surface area contributed by atoms with Crippen molar-refractivity contribution >= 4 is 5.91 Å². The average molecular weight is 367 g/mol. The third-order valence-electron chi connectivity index (χ3n) is 4.00. The van der Waals surface area contributed by atoms with Crippen LogP contribution in [0.15, 0.2) is 36.4 Å². The Hall–Kier alpha value is -2.70. The van der Waals surface area contributed by atoms with E-state index in [1.54, 1.807) is 14.2 Å². The zero-order valence-electron chi connectivity index (χ0n) is 14.7. The second-order valence-corrected chi connectivity index (χ2v) is 5.71. The molecule has 0 bridgehead atoms. The fraction of sp³-hybridized carbons (Fsp3) is 0.316. The quantitative estimate of drug-likeness (QED) is 0.839. The number of methoxy groups -OCH3 is 2. The van der Waals surface area contributed by atoms with E-state index in [1.165, 1.54) is 12.1 Å². The average Bonchev–Trinajstić information content (AvgIpc) is 2.61. The van der Waals surface area contributed by atoms with Crippen molar-refractivity contribution in [3.63, 3.8) is 0 Å². The van der Waals surface area contributed by atoms with Crippen molar-refractivity contribution in [2.24, 2.45) is 0 Å². The lowest BCUT2D eigenvalue weighted by atomic mass is 10.0. The van der Waals surface area contributed by atoms with E-state index in [2.05, 4.69) is 5.32 Å². The molecule has 26 heavy (non-hydrogen) atoms. The lowest BCUT2D eigenvalue weighted by Crippen LogP contribution is -2.26. The van der Waals surface area contributed by atoms with E-state index in [0.717, 1.165) is 23.3 Å². The fourth-order valence-corrected chi connectivity index (χ4v) is 2.52. The minimum Gasteiger partial charge on any atom is -0.493 e. The van der Waals surface area contributed by atoms with Crippen LogP contribution in [0.2, 0.25) is 0 Å². The smallest absolute Gasteiger partial charge is 0.416 e. The molecule has 4 nitrogen and oxygen atoms in total. The molecule has 140 valence electrons. The molecule has 0 aliphatic rings. The van der Waals surface area contributed by atoms with Gasteiger partial charge in [-0.2, -0.15) is 13.2 Å². The van der Waals surface area contributed by atoms with Crippen molar-refractivity contribution in [3.05, 3.63) is 58.7 Å². The van der Waals surface area contributed by atoms with Crippen LogP contribution >= 0.6 is 0 Å². The summed E-state index contributed by atoms with van der Waals surface area (Å²) in [7, 11) is 3.10. The number of hydrogen-bond acceptors (Lipinski definition) is 3. The molecule has 2 aromatic rings. The maximum Gasteiger partial charge on any atom is 0.416 e. The van der Waals surface area contributed by atoms with Gasteiger partial charge >= 0.3 is 6.18 Å². The number of ether oxygens (including phenoxy) is 2. The molecule has 0 fully saturated rings. The Balaban J connectivity index is 1.98. The third kappa shape index (κ3) is 4.68. The molecule has 0 saturated carbocycles. The summed E-state index contributed by atoms with van der Waals surface area (Å²) in [6.45, 7) is 2.27. The van der Waals surface area contributed by atoms with Crippen molar-refractivity contribution in [1.82, 2.24) is 5.32 Å². The number of rotatable bonds is 6. The van der Waals surface area contributed by atoms with Crippen LogP contribution in [0.4, 0.5) is 13.2 Å². The molecule has 7 heteroatoms. The number of benzene rings is 2. The first-order valence-electron chi connectivity index (χ1n) is 7.93. The van der Waals surface area contributed by atoms with Gasteiger partial charge in [-0.1, -0.05) is 0 Å². The van der Waals surface area contributed by atoms with Gasteiger partial charge in [-0.25, -0.2) is 0 Å². The molecule has 0 heterocycles. The van der Waals surface area contributed by atoms with E-state index in [9.17, 15) is 18.0 Å². The Kier molecular flexibility index (Phi) is 6.13. The molecule has 0 atom stereocenters. The molecule has 0 radical (unpaired) electrons. The van der Waals surface area contributed by atoms with Crippen molar-refractivity contribution in [1.29, 1.82) is 0 Å². The lowest BCUT2D eigenvalue weighted by molar-refractivity contribution is -0.137. The van der Waals surface area contributed by atoms with E-state index < -0.39 is 17.6 Å². The highest BCUT2D eigenvalue weighted by atomic mass is 19.4. The van der Waals surface area contributed by atoms with Crippen LogP contribution in [0.1, 0.15) is 27.0 Å². The highest BCUT2D eigenvalue weighted by molar-refractivity contribution is 5.94. The molecule has 0 aliphatic heterocycles. The van der Waals surface area contributed by atoms with Crippen molar-refractivity contribution in [2.75, 3.05) is 20.8 Å². The Morgan fingerprint density at radius 3 is 2.15 bits per heavy atom. The van der Waals surface area contributed by atoms with Crippen molar-refractivity contribution < 1.29 is 27.4 Å². The van der Waals surface area contributed by atoms with E-state index >= 15 is 0 Å². The Morgan fingerprint density at radius 1 is 1.04 bits per heavy atom. The van der Waals surface area contributed by atoms with Crippen LogP contribution in [-0.4, -0.2) is 26.7 Å². The predicted molar refractivity (Wildman–Crippen MR) is 91.8 cm³/mol. The van der Waals surface area contributed by atoms with Gasteiger partial charge in [-0.15, -0.1) is 0 Å². The third-order valence-corrected chi connectivity index (χ3v) is 4.00. The summed E-state index contributed by atoms with van der Waals surface area (Å²) in [5, 5.41) is 2.71. The maximum absolute atomic E-state index is 12.5. The minimum atomic E-state index is -4.42. The topological polar surface area (TPSA) is 47.6 Å². The molecule has 0 aliphatic carbocycles.